The van der Waals surface area contributed by atoms with Crippen LogP contribution >= 0.6 is 0 Å². The average molecular weight is 322 g/mol. The van der Waals surface area contributed by atoms with E-state index in [-0.39, 0.29) is 12.0 Å². The lowest BCUT2D eigenvalue weighted by Gasteiger charge is -2.30. The van der Waals surface area contributed by atoms with Gasteiger partial charge in [0.15, 0.2) is 0 Å². The molecule has 1 fully saturated rings. The van der Waals surface area contributed by atoms with Crippen LogP contribution in [0.15, 0.2) is 39.8 Å². The lowest BCUT2D eigenvalue weighted by Crippen LogP contribution is -2.30. The van der Waals surface area contributed by atoms with Crippen LogP contribution in [0.2, 0.25) is 0 Å². The van der Waals surface area contributed by atoms with E-state index in [1.165, 1.54) is 0 Å². The van der Waals surface area contributed by atoms with Crippen LogP contribution in [0, 0.1) is 12.8 Å². The Balaban J connectivity index is 2.00. The standard InChI is InChI=1S/C17H22O4S/c1-12-5-7-14(8-6-12)22(18,19)15-9-11-21-17(15)16-13(2)4-3-10-20-16/h5-8,13,16H,3-4,9-11H2,1-2H3/t13-,16-/m1/s1. The van der Waals surface area contributed by atoms with Gasteiger partial charge in [-0.15, -0.1) is 0 Å². The first-order valence-corrected chi connectivity index (χ1v) is 9.27. The second-order valence-corrected chi connectivity index (χ2v) is 8.08. The summed E-state index contributed by atoms with van der Waals surface area (Å²) in [6.07, 6.45) is 2.25. The fourth-order valence-corrected chi connectivity index (χ4v) is 4.66. The highest BCUT2D eigenvalue weighted by atomic mass is 32.2. The van der Waals surface area contributed by atoms with E-state index in [9.17, 15) is 8.42 Å². The van der Waals surface area contributed by atoms with Gasteiger partial charge in [-0.05, 0) is 37.8 Å². The molecule has 0 N–H and O–H groups in total. The average Bonchev–Trinajstić information content (AvgIpc) is 2.98. The molecule has 4 nitrogen and oxygen atoms in total. The molecular formula is C17H22O4S. The van der Waals surface area contributed by atoms with Gasteiger partial charge in [-0.25, -0.2) is 8.42 Å². The predicted molar refractivity (Wildman–Crippen MR) is 84.1 cm³/mol. The molecule has 0 spiro atoms. The number of hydrogen-bond donors (Lipinski definition) is 0. The Morgan fingerprint density at radius 3 is 2.55 bits per heavy atom. The monoisotopic (exact) mass is 322 g/mol. The molecule has 0 amide bonds. The Bertz CT molecular complexity index is 673. The minimum Gasteiger partial charge on any atom is -0.494 e. The highest BCUT2D eigenvalue weighted by Gasteiger charge is 2.37. The summed E-state index contributed by atoms with van der Waals surface area (Å²) in [5.74, 6) is 0.817. The maximum atomic E-state index is 12.9. The Kier molecular flexibility index (Phi) is 4.28. The molecule has 1 saturated heterocycles. The van der Waals surface area contributed by atoms with Gasteiger partial charge in [0.25, 0.3) is 0 Å². The SMILES string of the molecule is Cc1ccc(S(=O)(=O)C2=C([C@@H]3OCCC[C@H]3C)OCC2)cc1. The van der Waals surface area contributed by atoms with Crippen LogP contribution in [0.25, 0.3) is 0 Å². The van der Waals surface area contributed by atoms with Gasteiger partial charge in [0, 0.05) is 13.0 Å². The topological polar surface area (TPSA) is 52.6 Å². The first-order valence-electron chi connectivity index (χ1n) is 7.79. The number of hydrogen-bond acceptors (Lipinski definition) is 4. The van der Waals surface area contributed by atoms with Crippen molar-refractivity contribution in [2.45, 2.75) is 44.1 Å². The molecule has 22 heavy (non-hydrogen) atoms. The Labute approximate surface area is 132 Å². The van der Waals surface area contributed by atoms with Crippen molar-refractivity contribution in [1.29, 1.82) is 0 Å². The van der Waals surface area contributed by atoms with Crippen LogP contribution in [-0.4, -0.2) is 27.7 Å². The van der Waals surface area contributed by atoms with E-state index in [0.29, 0.717) is 35.2 Å². The summed E-state index contributed by atoms with van der Waals surface area (Å²) in [5.41, 5.74) is 1.04. The van der Waals surface area contributed by atoms with Gasteiger partial charge in [0.05, 0.1) is 16.4 Å². The lowest BCUT2D eigenvalue weighted by molar-refractivity contribution is -0.0267. The van der Waals surface area contributed by atoms with Gasteiger partial charge in [0.1, 0.15) is 11.9 Å². The molecule has 3 rings (SSSR count). The molecule has 5 heteroatoms. The van der Waals surface area contributed by atoms with E-state index in [4.69, 9.17) is 9.47 Å². The fraction of sp³-hybridized carbons (Fsp3) is 0.529. The first kappa shape index (κ1) is 15.6. The highest BCUT2D eigenvalue weighted by Crippen LogP contribution is 2.36. The third-order valence-electron chi connectivity index (χ3n) is 4.39. The molecule has 0 radical (unpaired) electrons. The summed E-state index contributed by atoms with van der Waals surface area (Å²) < 4.78 is 37.3. The van der Waals surface area contributed by atoms with Crippen LogP contribution in [0.3, 0.4) is 0 Å². The molecule has 0 aliphatic carbocycles. The van der Waals surface area contributed by atoms with Crippen molar-refractivity contribution < 1.29 is 17.9 Å². The van der Waals surface area contributed by atoms with E-state index in [2.05, 4.69) is 6.92 Å². The van der Waals surface area contributed by atoms with Crippen LogP contribution in [0.1, 0.15) is 31.7 Å². The molecule has 1 aromatic carbocycles. The van der Waals surface area contributed by atoms with Crippen molar-refractivity contribution in [3.63, 3.8) is 0 Å². The van der Waals surface area contributed by atoms with Gasteiger partial charge < -0.3 is 9.47 Å². The van der Waals surface area contributed by atoms with E-state index in [0.717, 1.165) is 18.4 Å². The smallest absolute Gasteiger partial charge is 0.206 e. The number of sulfone groups is 1. The van der Waals surface area contributed by atoms with Gasteiger partial charge >= 0.3 is 0 Å². The van der Waals surface area contributed by atoms with Gasteiger partial charge in [-0.2, -0.15) is 0 Å². The lowest BCUT2D eigenvalue weighted by atomic mass is 9.95. The molecule has 2 aliphatic heterocycles. The third-order valence-corrected chi connectivity index (χ3v) is 6.34. The highest BCUT2D eigenvalue weighted by molar-refractivity contribution is 7.95. The molecule has 2 atom stereocenters. The Morgan fingerprint density at radius 2 is 1.86 bits per heavy atom. The summed E-state index contributed by atoms with van der Waals surface area (Å²) in [7, 11) is -3.50. The molecule has 0 saturated carbocycles. The summed E-state index contributed by atoms with van der Waals surface area (Å²) in [4.78, 5) is 0.731. The molecule has 0 unspecified atom stereocenters. The number of ether oxygens (including phenoxy) is 2. The molecule has 0 aromatic heterocycles. The summed E-state index contributed by atoms with van der Waals surface area (Å²) in [5, 5.41) is 0. The Hall–Kier alpha value is -1.33. The van der Waals surface area contributed by atoms with E-state index in [1.54, 1.807) is 12.1 Å². The van der Waals surface area contributed by atoms with Gasteiger partial charge in [-0.3, -0.25) is 0 Å². The zero-order valence-electron chi connectivity index (χ0n) is 13.0. The zero-order chi connectivity index (χ0) is 15.7. The van der Waals surface area contributed by atoms with E-state index >= 15 is 0 Å². The normalized spacial score (nSPS) is 26.1. The number of benzene rings is 1. The van der Waals surface area contributed by atoms with Crippen molar-refractivity contribution >= 4 is 9.84 Å². The van der Waals surface area contributed by atoms with Gasteiger partial charge in [0.2, 0.25) is 9.84 Å². The summed E-state index contributed by atoms with van der Waals surface area (Å²) in [6.45, 7) is 5.12. The van der Waals surface area contributed by atoms with Gasteiger partial charge in [-0.1, -0.05) is 24.6 Å². The second kappa shape index (κ2) is 6.05. The minimum atomic E-state index is -3.50. The van der Waals surface area contributed by atoms with Crippen molar-refractivity contribution in [2.75, 3.05) is 13.2 Å². The quantitative estimate of drug-likeness (QED) is 0.857. The van der Waals surface area contributed by atoms with Crippen molar-refractivity contribution in [3.05, 3.63) is 40.5 Å². The van der Waals surface area contributed by atoms with Crippen molar-refractivity contribution in [2.24, 2.45) is 5.92 Å². The second-order valence-electron chi connectivity index (χ2n) is 6.11. The Morgan fingerprint density at radius 1 is 1.14 bits per heavy atom. The van der Waals surface area contributed by atoms with Crippen LogP contribution < -0.4 is 0 Å². The van der Waals surface area contributed by atoms with Crippen molar-refractivity contribution in [3.8, 4) is 0 Å². The van der Waals surface area contributed by atoms with Crippen molar-refractivity contribution in [1.82, 2.24) is 0 Å². The largest absolute Gasteiger partial charge is 0.494 e. The van der Waals surface area contributed by atoms with E-state index in [1.807, 2.05) is 19.1 Å². The summed E-state index contributed by atoms with van der Waals surface area (Å²) in [6, 6.07) is 6.98. The first-order chi connectivity index (χ1) is 10.5. The molecule has 1 aromatic rings. The number of rotatable bonds is 3. The maximum absolute atomic E-state index is 12.9. The molecule has 0 bridgehead atoms. The number of aryl methyl sites for hydroxylation is 1. The molecule has 2 aliphatic rings. The molecule has 120 valence electrons. The maximum Gasteiger partial charge on any atom is 0.206 e. The van der Waals surface area contributed by atoms with Crippen LogP contribution in [0.4, 0.5) is 0 Å². The summed E-state index contributed by atoms with van der Waals surface area (Å²) >= 11 is 0. The van der Waals surface area contributed by atoms with E-state index < -0.39 is 9.84 Å². The minimum absolute atomic E-state index is 0.230. The van der Waals surface area contributed by atoms with Crippen LogP contribution in [-0.2, 0) is 19.3 Å². The fourth-order valence-electron chi connectivity index (χ4n) is 3.09. The third kappa shape index (κ3) is 2.79. The zero-order valence-corrected chi connectivity index (χ0v) is 13.9. The molecular weight excluding hydrogens is 300 g/mol. The predicted octanol–water partition coefficient (Wildman–Crippen LogP) is 3.22. The van der Waals surface area contributed by atoms with Crippen LogP contribution in [0.5, 0.6) is 0 Å². The molecule has 2 heterocycles.